The first-order chi connectivity index (χ1) is 12.2. The molecule has 0 aromatic carbocycles. The summed E-state index contributed by atoms with van der Waals surface area (Å²) in [7, 11) is 1.97. The molecule has 0 radical (unpaired) electrons. The van der Waals surface area contributed by atoms with Crippen molar-refractivity contribution in [2.24, 2.45) is 7.05 Å². The van der Waals surface area contributed by atoms with Gasteiger partial charge in [0.2, 0.25) is 11.8 Å². The van der Waals surface area contributed by atoms with Gasteiger partial charge in [-0.1, -0.05) is 0 Å². The summed E-state index contributed by atoms with van der Waals surface area (Å²) in [5.74, 6) is 1.55. The zero-order valence-electron chi connectivity index (χ0n) is 14.6. The Balaban J connectivity index is 1.46. The molecule has 1 aliphatic heterocycles. The Kier molecular flexibility index (Phi) is 4.31. The fourth-order valence-corrected chi connectivity index (χ4v) is 3.45. The van der Waals surface area contributed by atoms with Gasteiger partial charge in [-0.25, -0.2) is 0 Å². The molecule has 1 saturated heterocycles. The fourth-order valence-electron chi connectivity index (χ4n) is 3.45. The smallest absolute Gasteiger partial charge is 0.249 e. The normalized spacial score (nSPS) is 18.6. The Morgan fingerprint density at radius 3 is 3.00 bits per heavy atom. The SMILES string of the molecule is Cc1nn(C)cc1CN1CCC[C@H](c2nnc(-c3cccnc3)o2)C1. The molecule has 1 atom stereocenters. The lowest BCUT2D eigenvalue weighted by Crippen LogP contribution is -2.34. The van der Waals surface area contributed by atoms with E-state index in [-0.39, 0.29) is 5.92 Å². The second kappa shape index (κ2) is 6.76. The van der Waals surface area contributed by atoms with E-state index in [1.807, 2.05) is 23.9 Å². The molecule has 1 aliphatic rings. The molecule has 0 amide bonds. The highest BCUT2D eigenvalue weighted by atomic mass is 16.4. The molecule has 0 spiro atoms. The zero-order chi connectivity index (χ0) is 17.2. The van der Waals surface area contributed by atoms with Crippen molar-refractivity contribution in [3.63, 3.8) is 0 Å². The lowest BCUT2D eigenvalue weighted by atomic mass is 9.97. The molecule has 0 unspecified atom stereocenters. The average Bonchev–Trinajstić information content (AvgIpc) is 3.23. The molecule has 0 saturated carbocycles. The molecular formula is C18H22N6O. The van der Waals surface area contributed by atoms with Crippen molar-refractivity contribution < 1.29 is 4.42 Å². The quantitative estimate of drug-likeness (QED) is 0.728. The molecule has 0 N–H and O–H groups in total. The van der Waals surface area contributed by atoms with Crippen LogP contribution in [0.5, 0.6) is 0 Å². The van der Waals surface area contributed by atoms with Gasteiger partial charge in [0.15, 0.2) is 0 Å². The average molecular weight is 338 g/mol. The molecule has 0 bridgehead atoms. The van der Waals surface area contributed by atoms with Crippen LogP contribution in [-0.2, 0) is 13.6 Å². The zero-order valence-corrected chi connectivity index (χ0v) is 14.6. The number of hydrogen-bond donors (Lipinski definition) is 0. The van der Waals surface area contributed by atoms with Crippen LogP contribution in [0.4, 0.5) is 0 Å². The van der Waals surface area contributed by atoms with Crippen molar-refractivity contribution in [3.8, 4) is 11.5 Å². The van der Waals surface area contributed by atoms with Crippen LogP contribution in [-0.4, -0.2) is 43.0 Å². The minimum absolute atomic E-state index is 0.281. The summed E-state index contributed by atoms with van der Waals surface area (Å²) in [6.45, 7) is 5.01. The number of piperidine rings is 1. The highest BCUT2D eigenvalue weighted by Gasteiger charge is 2.26. The molecule has 25 heavy (non-hydrogen) atoms. The molecule has 3 aromatic heterocycles. The van der Waals surface area contributed by atoms with Gasteiger partial charge in [-0.05, 0) is 38.4 Å². The second-order valence-electron chi connectivity index (χ2n) is 6.67. The largest absolute Gasteiger partial charge is 0.420 e. The number of aryl methyl sites for hydroxylation is 2. The number of nitrogens with zero attached hydrogens (tertiary/aromatic N) is 6. The minimum atomic E-state index is 0.281. The highest BCUT2D eigenvalue weighted by Crippen LogP contribution is 2.29. The van der Waals surface area contributed by atoms with Crippen LogP contribution in [0.1, 0.15) is 35.9 Å². The summed E-state index contributed by atoms with van der Waals surface area (Å²) < 4.78 is 7.81. The van der Waals surface area contributed by atoms with Crippen LogP contribution in [0.2, 0.25) is 0 Å². The molecule has 130 valence electrons. The Morgan fingerprint density at radius 2 is 2.24 bits per heavy atom. The standard InChI is InChI=1S/C18H22N6O/c1-13-16(10-23(2)22-13)12-24-8-4-6-15(11-24)18-21-20-17(25-18)14-5-3-7-19-9-14/h3,5,7,9-10,15H,4,6,8,11-12H2,1-2H3/t15-/m0/s1. The lowest BCUT2D eigenvalue weighted by molar-refractivity contribution is 0.186. The van der Waals surface area contributed by atoms with E-state index in [2.05, 4.69) is 38.3 Å². The highest BCUT2D eigenvalue weighted by molar-refractivity contribution is 5.50. The summed E-state index contributed by atoms with van der Waals surface area (Å²) in [5.41, 5.74) is 3.24. The first kappa shape index (κ1) is 16.0. The number of pyridine rings is 1. The van der Waals surface area contributed by atoms with Gasteiger partial charge in [0.1, 0.15) is 0 Å². The monoisotopic (exact) mass is 338 g/mol. The lowest BCUT2D eigenvalue weighted by Gasteiger charge is -2.30. The number of hydrogen-bond acceptors (Lipinski definition) is 6. The summed E-state index contributed by atoms with van der Waals surface area (Å²) in [6, 6.07) is 3.81. The van der Waals surface area contributed by atoms with E-state index in [4.69, 9.17) is 4.42 Å². The van der Waals surface area contributed by atoms with E-state index in [1.54, 1.807) is 12.4 Å². The summed E-state index contributed by atoms with van der Waals surface area (Å²) >= 11 is 0. The molecule has 4 rings (SSSR count). The molecule has 3 aromatic rings. The van der Waals surface area contributed by atoms with Crippen LogP contribution in [0, 0.1) is 6.92 Å². The molecule has 4 heterocycles. The van der Waals surface area contributed by atoms with Gasteiger partial charge in [-0.15, -0.1) is 10.2 Å². The maximum atomic E-state index is 5.93. The summed E-state index contributed by atoms with van der Waals surface area (Å²) in [4.78, 5) is 6.56. The maximum absolute atomic E-state index is 5.93. The fraction of sp³-hybridized carbons (Fsp3) is 0.444. The van der Waals surface area contributed by atoms with Crippen molar-refractivity contribution in [3.05, 3.63) is 47.9 Å². The van der Waals surface area contributed by atoms with Crippen LogP contribution in [0.15, 0.2) is 35.1 Å². The van der Waals surface area contributed by atoms with Gasteiger partial charge in [0, 0.05) is 44.3 Å². The molecule has 1 fully saturated rings. The predicted molar refractivity (Wildman–Crippen MR) is 92.7 cm³/mol. The van der Waals surface area contributed by atoms with Crippen LogP contribution < -0.4 is 0 Å². The molecule has 0 aliphatic carbocycles. The minimum Gasteiger partial charge on any atom is -0.420 e. The number of aromatic nitrogens is 5. The van der Waals surface area contributed by atoms with Crippen molar-refractivity contribution in [1.29, 1.82) is 0 Å². The van der Waals surface area contributed by atoms with Gasteiger partial charge >= 0.3 is 0 Å². The Labute approximate surface area is 146 Å². The van der Waals surface area contributed by atoms with Crippen molar-refractivity contribution in [2.45, 2.75) is 32.2 Å². The van der Waals surface area contributed by atoms with E-state index in [9.17, 15) is 0 Å². The maximum Gasteiger partial charge on any atom is 0.249 e. The third-order valence-electron chi connectivity index (χ3n) is 4.71. The van der Waals surface area contributed by atoms with Gasteiger partial charge in [-0.2, -0.15) is 5.10 Å². The third-order valence-corrected chi connectivity index (χ3v) is 4.71. The van der Waals surface area contributed by atoms with Crippen LogP contribution in [0.25, 0.3) is 11.5 Å². The van der Waals surface area contributed by atoms with E-state index in [1.165, 1.54) is 5.56 Å². The van der Waals surface area contributed by atoms with Gasteiger partial charge in [-0.3, -0.25) is 14.6 Å². The van der Waals surface area contributed by atoms with Crippen LogP contribution >= 0.6 is 0 Å². The molecule has 7 nitrogen and oxygen atoms in total. The number of likely N-dealkylation sites (tertiary alicyclic amines) is 1. The first-order valence-electron chi connectivity index (χ1n) is 8.64. The Bertz CT molecular complexity index is 840. The topological polar surface area (TPSA) is 72.9 Å². The molecular weight excluding hydrogens is 316 g/mol. The van der Waals surface area contributed by atoms with Gasteiger partial charge in [0.05, 0.1) is 17.2 Å². The van der Waals surface area contributed by atoms with Gasteiger partial charge < -0.3 is 4.42 Å². The van der Waals surface area contributed by atoms with Crippen LogP contribution in [0.3, 0.4) is 0 Å². The van der Waals surface area contributed by atoms with Gasteiger partial charge in [0.25, 0.3) is 0 Å². The Morgan fingerprint density at radius 1 is 1.32 bits per heavy atom. The van der Waals surface area contributed by atoms with E-state index >= 15 is 0 Å². The molecule has 7 heteroatoms. The second-order valence-corrected chi connectivity index (χ2v) is 6.67. The first-order valence-corrected chi connectivity index (χ1v) is 8.64. The van der Waals surface area contributed by atoms with E-state index < -0.39 is 0 Å². The van der Waals surface area contributed by atoms with Crippen molar-refractivity contribution in [2.75, 3.05) is 13.1 Å². The van der Waals surface area contributed by atoms with Crippen molar-refractivity contribution >= 4 is 0 Å². The van der Waals surface area contributed by atoms with Crippen molar-refractivity contribution in [1.82, 2.24) is 29.9 Å². The summed E-state index contributed by atoms with van der Waals surface area (Å²) in [6.07, 6.45) is 7.80. The predicted octanol–water partition coefficient (Wildman–Crippen LogP) is 2.55. The summed E-state index contributed by atoms with van der Waals surface area (Å²) in [5, 5.41) is 12.9. The Hall–Kier alpha value is -2.54. The number of rotatable bonds is 4. The van der Waals surface area contributed by atoms with E-state index in [0.717, 1.165) is 49.6 Å². The third kappa shape index (κ3) is 3.46. The van der Waals surface area contributed by atoms with E-state index in [0.29, 0.717) is 5.89 Å².